The standard InChI is InChI=1S/C12H16FNO3/c1-17-11-4-2-3-8(12(11)13)5-14-6-9(15)10(16)7-14/h2-4,9-10,15-16H,5-7H2,1H3/t9-,10+. The van der Waals surface area contributed by atoms with Crippen LogP contribution in [0.4, 0.5) is 4.39 Å². The Morgan fingerprint density at radius 1 is 1.35 bits per heavy atom. The molecular weight excluding hydrogens is 225 g/mol. The van der Waals surface area contributed by atoms with E-state index < -0.39 is 12.2 Å². The van der Waals surface area contributed by atoms with E-state index in [0.717, 1.165) is 0 Å². The lowest BCUT2D eigenvalue weighted by molar-refractivity contribution is 0.0572. The van der Waals surface area contributed by atoms with Crippen LogP contribution >= 0.6 is 0 Å². The van der Waals surface area contributed by atoms with Gasteiger partial charge in [-0.25, -0.2) is 4.39 Å². The van der Waals surface area contributed by atoms with E-state index in [1.54, 1.807) is 18.2 Å². The number of ether oxygens (including phenoxy) is 1. The molecule has 0 aliphatic carbocycles. The molecule has 2 N–H and O–H groups in total. The van der Waals surface area contributed by atoms with Gasteiger partial charge in [-0.15, -0.1) is 0 Å². The van der Waals surface area contributed by atoms with Crippen LogP contribution in [0.3, 0.4) is 0 Å². The third-order valence-corrected chi connectivity index (χ3v) is 2.99. The van der Waals surface area contributed by atoms with Crippen LogP contribution in [0.15, 0.2) is 18.2 Å². The molecule has 0 amide bonds. The molecule has 1 fully saturated rings. The van der Waals surface area contributed by atoms with Crippen LogP contribution in [0.2, 0.25) is 0 Å². The predicted molar refractivity (Wildman–Crippen MR) is 60.2 cm³/mol. The number of nitrogens with zero attached hydrogens (tertiary/aromatic N) is 1. The summed E-state index contributed by atoms with van der Waals surface area (Å²) in [5.41, 5.74) is 0.505. The summed E-state index contributed by atoms with van der Waals surface area (Å²) in [5.74, 6) is -0.173. The van der Waals surface area contributed by atoms with Gasteiger partial charge in [-0.1, -0.05) is 12.1 Å². The normalized spacial score (nSPS) is 25.2. The second kappa shape index (κ2) is 5.00. The average Bonchev–Trinajstić information content (AvgIpc) is 2.61. The highest BCUT2D eigenvalue weighted by Gasteiger charge is 2.29. The predicted octanol–water partition coefficient (Wildman–Crippen LogP) is 0.372. The number of methoxy groups -OCH3 is 1. The second-order valence-electron chi connectivity index (χ2n) is 4.26. The van der Waals surface area contributed by atoms with Crippen molar-refractivity contribution in [3.63, 3.8) is 0 Å². The van der Waals surface area contributed by atoms with Crippen LogP contribution in [0.1, 0.15) is 5.56 Å². The lowest BCUT2D eigenvalue weighted by Crippen LogP contribution is -2.22. The van der Waals surface area contributed by atoms with E-state index in [4.69, 9.17) is 4.74 Å². The number of likely N-dealkylation sites (tertiary alicyclic amines) is 1. The number of aliphatic hydroxyl groups excluding tert-OH is 2. The molecule has 0 unspecified atom stereocenters. The van der Waals surface area contributed by atoms with Crippen LogP contribution in [-0.4, -0.2) is 47.5 Å². The number of halogens is 1. The molecule has 94 valence electrons. The van der Waals surface area contributed by atoms with E-state index in [9.17, 15) is 14.6 Å². The van der Waals surface area contributed by atoms with Crippen molar-refractivity contribution < 1.29 is 19.3 Å². The topological polar surface area (TPSA) is 52.9 Å². The molecule has 2 atom stereocenters. The first-order valence-corrected chi connectivity index (χ1v) is 5.51. The molecule has 0 aromatic heterocycles. The Hall–Kier alpha value is -1.17. The molecule has 5 heteroatoms. The Morgan fingerprint density at radius 3 is 2.59 bits per heavy atom. The maximum atomic E-state index is 13.8. The summed E-state index contributed by atoms with van der Waals surface area (Å²) >= 11 is 0. The lowest BCUT2D eigenvalue weighted by Gasteiger charge is -2.16. The molecule has 1 aliphatic rings. The van der Waals surface area contributed by atoms with Gasteiger partial charge in [0, 0.05) is 25.2 Å². The monoisotopic (exact) mass is 241 g/mol. The summed E-state index contributed by atoms with van der Waals surface area (Å²) in [4.78, 5) is 1.81. The zero-order valence-corrected chi connectivity index (χ0v) is 9.64. The first-order valence-electron chi connectivity index (χ1n) is 5.51. The number of aliphatic hydroxyl groups is 2. The van der Waals surface area contributed by atoms with Crippen molar-refractivity contribution in [2.75, 3.05) is 20.2 Å². The number of hydrogen-bond donors (Lipinski definition) is 2. The Balaban J connectivity index is 2.09. The fraction of sp³-hybridized carbons (Fsp3) is 0.500. The van der Waals surface area contributed by atoms with Gasteiger partial charge in [-0.2, -0.15) is 0 Å². The summed E-state index contributed by atoms with van der Waals surface area (Å²) in [5, 5.41) is 18.8. The zero-order chi connectivity index (χ0) is 12.4. The van der Waals surface area contributed by atoms with Crippen LogP contribution < -0.4 is 4.74 Å². The Labute approximate surface area is 99.2 Å². The first-order chi connectivity index (χ1) is 8.11. The molecule has 0 bridgehead atoms. The summed E-state index contributed by atoms with van der Waals surface area (Å²) in [7, 11) is 1.42. The zero-order valence-electron chi connectivity index (χ0n) is 9.64. The average molecular weight is 241 g/mol. The Kier molecular flexibility index (Phi) is 3.61. The van der Waals surface area contributed by atoms with E-state index in [1.807, 2.05) is 4.90 Å². The molecular formula is C12H16FNO3. The van der Waals surface area contributed by atoms with Crippen molar-refractivity contribution in [2.24, 2.45) is 0 Å². The van der Waals surface area contributed by atoms with Crippen LogP contribution in [0, 0.1) is 5.82 Å². The molecule has 17 heavy (non-hydrogen) atoms. The van der Waals surface area contributed by atoms with E-state index in [-0.39, 0.29) is 11.6 Å². The summed E-state index contributed by atoms with van der Waals surface area (Å²) in [6.07, 6.45) is -1.49. The summed E-state index contributed by atoms with van der Waals surface area (Å²) < 4.78 is 18.7. The van der Waals surface area contributed by atoms with Crippen LogP contribution in [0.25, 0.3) is 0 Å². The van der Waals surface area contributed by atoms with Crippen LogP contribution in [-0.2, 0) is 6.54 Å². The molecule has 0 spiro atoms. The third-order valence-electron chi connectivity index (χ3n) is 2.99. The molecule has 0 radical (unpaired) electrons. The lowest BCUT2D eigenvalue weighted by atomic mass is 10.2. The number of rotatable bonds is 3. The van der Waals surface area contributed by atoms with Gasteiger partial charge in [0.15, 0.2) is 11.6 Å². The van der Waals surface area contributed by atoms with Crippen molar-refractivity contribution in [2.45, 2.75) is 18.8 Å². The van der Waals surface area contributed by atoms with Gasteiger partial charge in [-0.3, -0.25) is 4.90 Å². The minimum atomic E-state index is -0.747. The minimum absolute atomic E-state index is 0.211. The Morgan fingerprint density at radius 2 is 2.00 bits per heavy atom. The summed E-state index contributed by atoms with van der Waals surface area (Å²) in [6.45, 7) is 1.08. The van der Waals surface area contributed by atoms with E-state index in [2.05, 4.69) is 0 Å². The SMILES string of the molecule is COc1cccc(CN2C[C@@H](O)[C@@H](O)C2)c1F. The van der Waals surface area contributed by atoms with Crippen molar-refractivity contribution in [3.05, 3.63) is 29.6 Å². The fourth-order valence-electron chi connectivity index (χ4n) is 2.05. The van der Waals surface area contributed by atoms with Crippen molar-refractivity contribution in [3.8, 4) is 5.75 Å². The van der Waals surface area contributed by atoms with Gasteiger partial charge in [0.2, 0.25) is 0 Å². The third kappa shape index (κ3) is 2.57. The maximum Gasteiger partial charge on any atom is 0.169 e. The highest BCUT2D eigenvalue weighted by Crippen LogP contribution is 2.22. The van der Waals surface area contributed by atoms with Crippen molar-refractivity contribution in [1.29, 1.82) is 0 Å². The quantitative estimate of drug-likeness (QED) is 0.803. The molecule has 0 saturated carbocycles. The van der Waals surface area contributed by atoms with Gasteiger partial charge in [0.25, 0.3) is 0 Å². The van der Waals surface area contributed by atoms with Gasteiger partial charge in [0.1, 0.15) is 0 Å². The fourth-order valence-corrected chi connectivity index (χ4v) is 2.05. The number of benzene rings is 1. The maximum absolute atomic E-state index is 13.8. The molecule has 1 saturated heterocycles. The largest absolute Gasteiger partial charge is 0.494 e. The van der Waals surface area contributed by atoms with Gasteiger partial charge in [0.05, 0.1) is 19.3 Å². The molecule has 2 rings (SSSR count). The first kappa shape index (κ1) is 12.3. The highest BCUT2D eigenvalue weighted by molar-refractivity contribution is 5.31. The van der Waals surface area contributed by atoms with E-state index in [1.165, 1.54) is 7.11 Å². The van der Waals surface area contributed by atoms with E-state index >= 15 is 0 Å². The van der Waals surface area contributed by atoms with Gasteiger partial charge >= 0.3 is 0 Å². The smallest absolute Gasteiger partial charge is 0.169 e. The number of β-amino-alcohol motifs (C(OH)–C–C–N with tert-alkyl or cyclic N) is 2. The van der Waals surface area contributed by atoms with E-state index in [0.29, 0.717) is 25.2 Å². The summed E-state index contributed by atoms with van der Waals surface area (Å²) in [6, 6.07) is 4.96. The molecule has 1 aromatic rings. The van der Waals surface area contributed by atoms with Crippen LogP contribution in [0.5, 0.6) is 5.75 Å². The molecule has 1 aromatic carbocycles. The van der Waals surface area contributed by atoms with Gasteiger partial charge in [-0.05, 0) is 6.07 Å². The molecule has 1 aliphatic heterocycles. The Bertz CT molecular complexity index is 389. The van der Waals surface area contributed by atoms with Gasteiger partial charge < -0.3 is 14.9 Å². The highest BCUT2D eigenvalue weighted by atomic mass is 19.1. The van der Waals surface area contributed by atoms with Crippen molar-refractivity contribution in [1.82, 2.24) is 4.90 Å². The number of hydrogen-bond acceptors (Lipinski definition) is 4. The minimum Gasteiger partial charge on any atom is -0.494 e. The van der Waals surface area contributed by atoms with Crippen molar-refractivity contribution >= 4 is 0 Å². The molecule has 1 heterocycles. The second-order valence-corrected chi connectivity index (χ2v) is 4.26. The molecule has 4 nitrogen and oxygen atoms in total.